The van der Waals surface area contributed by atoms with Gasteiger partial charge in [-0.3, -0.25) is 4.79 Å². The van der Waals surface area contributed by atoms with Gasteiger partial charge >= 0.3 is 0 Å². The van der Waals surface area contributed by atoms with E-state index in [1.165, 1.54) is 32.4 Å². The van der Waals surface area contributed by atoms with Gasteiger partial charge in [0.05, 0.1) is 13.0 Å². The zero-order valence-corrected chi connectivity index (χ0v) is 13.5. The molecule has 4 heteroatoms. The Bertz CT molecular complexity index is 495. The predicted molar refractivity (Wildman–Crippen MR) is 86.9 cm³/mol. The third kappa shape index (κ3) is 3.61. The van der Waals surface area contributed by atoms with Crippen LogP contribution in [0.25, 0.3) is 0 Å². The zero-order chi connectivity index (χ0) is 15.4. The highest BCUT2D eigenvalue weighted by atomic mass is 16.5. The third-order valence-corrected chi connectivity index (χ3v) is 5.17. The fourth-order valence-corrected chi connectivity index (χ4v) is 3.58. The van der Waals surface area contributed by atoms with Crippen molar-refractivity contribution >= 4 is 5.91 Å². The number of hydrogen-bond acceptors (Lipinski definition) is 3. The molecule has 0 N–H and O–H groups in total. The first kappa shape index (κ1) is 15.3. The molecule has 0 aliphatic carbocycles. The van der Waals surface area contributed by atoms with Crippen molar-refractivity contribution in [2.75, 3.05) is 39.8 Å². The molecule has 2 saturated heterocycles. The van der Waals surface area contributed by atoms with Crippen LogP contribution in [0.1, 0.15) is 25.7 Å². The second-order valence-corrected chi connectivity index (χ2v) is 6.78. The number of nitrogens with zero attached hydrogens (tertiary/aromatic N) is 2. The van der Waals surface area contributed by atoms with Crippen LogP contribution in [-0.2, 0) is 4.79 Å². The first-order valence-corrected chi connectivity index (χ1v) is 8.31. The Morgan fingerprint density at radius 2 is 1.82 bits per heavy atom. The average molecular weight is 302 g/mol. The van der Waals surface area contributed by atoms with Gasteiger partial charge in [0.25, 0.3) is 0 Å². The van der Waals surface area contributed by atoms with Gasteiger partial charge in [-0.05, 0) is 56.9 Å². The molecular weight excluding hydrogens is 276 g/mol. The van der Waals surface area contributed by atoms with Gasteiger partial charge in [0.2, 0.25) is 5.91 Å². The SMILES string of the molecule is CN1CCC2(CC1)CCN(C(=O)CCOc1ccccc1)C2. The Morgan fingerprint density at radius 1 is 1.14 bits per heavy atom. The van der Waals surface area contributed by atoms with E-state index in [-0.39, 0.29) is 5.91 Å². The highest BCUT2D eigenvalue weighted by Gasteiger charge is 2.41. The number of ether oxygens (including phenoxy) is 1. The number of carbonyl (C=O) groups is 1. The maximum absolute atomic E-state index is 12.4. The van der Waals surface area contributed by atoms with Crippen LogP contribution in [0.2, 0.25) is 0 Å². The molecule has 0 aromatic heterocycles. The molecule has 0 bridgehead atoms. The quantitative estimate of drug-likeness (QED) is 0.856. The minimum Gasteiger partial charge on any atom is -0.493 e. The lowest BCUT2D eigenvalue weighted by Crippen LogP contribution is -2.40. The first-order valence-electron chi connectivity index (χ1n) is 8.31. The summed E-state index contributed by atoms with van der Waals surface area (Å²) in [4.78, 5) is 16.8. The van der Waals surface area contributed by atoms with Crippen LogP contribution in [-0.4, -0.2) is 55.5 Å². The Kier molecular flexibility index (Phi) is 4.67. The van der Waals surface area contributed by atoms with Crippen molar-refractivity contribution in [3.63, 3.8) is 0 Å². The zero-order valence-electron chi connectivity index (χ0n) is 13.5. The van der Waals surface area contributed by atoms with E-state index in [0.29, 0.717) is 18.4 Å². The number of piperidine rings is 1. The molecule has 0 saturated carbocycles. The van der Waals surface area contributed by atoms with Gasteiger partial charge in [0.15, 0.2) is 0 Å². The number of hydrogen-bond donors (Lipinski definition) is 0. The van der Waals surface area contributed by atoms with Crippen molar-refractivity contribution in [3.05, 3.63) is 30.3 Å². The normalized spacial score (nSPS) is 21.2. The van der Waals surface area contributed by atoms with Crippen LogP contribution >= 0.6 is 0 Å². The van der Waals surface area contributed by atoms with Gasteiger partial charge in [0, 0.05) is 13.1 Å². The summed E-state index contributed by atoms with van der Waals surface area (Å²) in [5, 5.41) is 0. The van der Waals surface area contributed by atoms with E-state index < -0.39 is 0 Å². The Labute approximate surface area is 133 Å². The molecule has 1 amide bonds. The number of rotatable bonds is 4. The molecule has 0 unspecified atom stereocenters. The predicted octanol–water partition coefficient (Wildman–Crippen LogP) is 2.40. The van der Waals surface area contributed by atoms with E-state index in [4.69, 9.17) is 4.74 Å². The summed E-state index contributed by atoms with van der Waals surface area (Å²) in [6, 6.07) is 9.70. The van der Waals surface area contributed by atoms with Crippen molar-refractivity contribution < 1.29 is 9.53 Å². The van der Waals surface area contributed by atoms with E-state index in [2.05, 4.69) is 16.8 Å². The van der Waals surface area contributed by atoms with Crippen molar-refractivity contribution in [2.45, 2.75) is 25.7 Å². The summed E-state index contributed by atoms with van der Waals surface area (Å²) >= 11 is 0. The number of amides is 1. The topological polar surface area (TPSA) is 32.8 Å². The number of likely N-dealkylation sites (tertiary alicyclic amines) is 2. The lowest BCUT2D eigenvalue weighted by Gasteiger charge is -2.37. The van der Waals surface area contributed by atoms with Gasteiger partial charge in [0.1, 0.15) is 5.75 Å². The molecule has 2 aliphatic heterocycles. The minimum atomic E-state index is 0.242. The smallest absolute Gasteiger partial charge is 0.226 e. The first-order chi connectivity index (χ1) is 10.7. The Morgan fingerprint density at radius 3 is 2.55 bits per heavy atom. The monoisotopic (exact) mass is 302 g/mol. The highest BCUT2D eigenvalue weighted by molar-refractivity contribution is 5.76. The lowest BCUT2D eigenvalue weighted by atomic mass is 9.78. The number of carbonyl (C=O) groups excluding carboxylic acids is 1. The molecular formula is C18H26N2O2. The van der Waals surface area contributed by atoms with Crippen LogP contribution < -0.4 is 4.74 Å². The minimum absolute atomic E-state index is 0.242. The summed E-state index contributed by atoms with van der Waals surface area (Å²) in [5.74, 6) is 1.08. The van der Waals surface area contributed by atoms with Crippen molar-refractivity contribution in [2.24, 2.45) is 5.41 Å². The van der Waals surface area contributed by atoms with Gasteiger partial charge in [-0.1, -0.05) is 18.2 Å². The Hall–Kier alpha value is -1.55. The largest absolute Gasteiger partial charge is 0.493 e. The number of benzene rings is 1. The van der Waals surface area contributed by atoms with Crippen LogP contribution in [0.15, 0.2) is 30.3 Å². The molecule has 0 atom stereocenters. The number of para-hydroxylation sites is 1. The van der Waals surface area contributed by atoms with E-state index in [1.54, 1.807) is 0 Å². The standard InChI is InChI=1S/C18H26N2O2/c1-19-11-8-18(9-12-19)10-13-20(15-18)17(21)7-14-22-16-5-3-2-4-6-16/h2-6H,7-15H2,1H3. The van der Waals surface area contributed by atoms with Gasteiger partial charge in [-0.2, -0.15) is 0 Å². The fraction of sp³-hybridized carbons (Fsp3) is 0.611. The molecule has 2 fully saturated rings. The molecule has 2 aliphatic rings. The summed E-state index contributed by atoms with van der Waals surface area (Å²) in [6.45, 7) is 4.67. The molecule has 120 valence electrons. The summed E-state index contributed by atoms with van der Waals surface area (Å²) < 4.78 is 5.63. The van der Waals surface area contributed by atoms with E-state index in [0.717, 1.165) is 18.8 Å². The highest BCUT2D eigenvalue weighted by Crippen LogP contribution is 2.40. The maximum atomic E-state index is 12.4. The second-order valence-electron chi connectivity index (χ2n) is 6.78. The fourth-order valence-electron chi connectivity index (χ4n) is 3.58. The van der Waals surface area contributed by atoms with E-state index in [1.807, 2.05) is 30.3 Å². The Balaban J connectivity index is 1.44. The van der Waals surface area contributed by atoms with E-state index in [9.17, 15) is 4.79 Å². The van der Waals surface area contributed by atoms with Crippen LogP contribution in [0.4, 0.5) is 0 Å². The van der Waals surface area contributed by atoms with Crippen molar-refractivity contribution in [1.82, 2.24) is 9.80 Å². The summed E-state index contributed by atoms with van der Waals surface area (Å²) in [5.41, 5.74) is 0.391. The molecule has 0 radical (unpaired) electrons. The third-order valence-electron chi connectivity index (χ3n) is 5.17. The van der Waals surface area contributed by atoms with E-state index >= 15 is 0 Å². The van der Waals surface area contributed by atoms with Gasteiger partial charge < -0.3 is 14.5 Å². The molecule has 1 aromatic carbocycles. The van der Waals surface area contributed by atoms with Crippen molar-refractivity contribution in [1.29, 1.82) is 0 Å². The molecule has 3 rings (SSSR count). The maximum Gasteiger partial charge on any atom is 0.226 e. The molecule has 2 heterocycles. The second kappa shape index (κ2) is 6.69. The lowest BCUT2D eigenvalue weighted by molar-refractivity contribution is -0.131. The summed E-state index contributed by atoms with van der Waals surface area (Å²) in [6.07, 6.45) is 4.11. The molecule has 1 aromatic rings. The molecule has 4 nitrogen and oxygen atoms in total. The molecule has 1 spiro atoms. The van der Waals surface area contributed by atoms with Crippen LogP contribution in [0.5, 0.6) is 5.75 Å². The van der Waals surface area contributed by atoms with Gasteiger partial charge in [-0.15, -0.1) is 0 Å². The van der Waals surface area contributed by atoms with Crippen LogP contribution in [0, 0.1) is 5.41 Å². The van der Waals surface area contributed by atoms with Crippen molar-refractivity contribution in [3.8, 4) is 5.75 Å². The average Bonchev–Trinajstić information content (AvgIpc) is 2.96. The van der Waals surface area contributed by atoms with Gasteiger partial charge in [-0.25, -0.2) is 0 Å². The summed E-state index contributed by atoms with van der Waals surface area (Å²) in [7, 11) is 2.19. The van der Waals surface area contributed by atoms with Crippen LogP contribution in [0.3, 0.4) is 0 Å². The molecule has 22 heavy (non-hydrogen) atoms.